The Labute approximate surface area is 102 Å². The van der Waals surface area contributed by atoms with E-state index < -0.39 is 0 Å². The molecule has 0 radical (unpaired) electrons. The van der Waals surface area contributed by atoms with E-state index in [4.69, 9.17) is 0 Å². The van der Waals surface area contributed by atoms with E-state index in [9.17, 15) is 9.90 Å². The minimum absolute atomic E-state index is 0.0791. The van der Waals surface area contributed by atoms with Crippen molar-refractivity contribution in [2.24, 2.45) is 5.92 Å². The first kappa shape index (κ1) is 12.0. The van der Waals surface area contributed by atoms with Gasteiger partial charge in [0.15, 0.2) is 5.78 Å². The summed E-state index contributed by atoms with van der Waals surface area (Å²) in [6.45, 7) is 2.49. The van der Waals surface area contributed by atoms with Gasteiger partial charge in [-0.25, -0.2) is 0 Å². The van der Waals surface area contributed by atoms with Crippen molar-refractivity contribution in [3.8, 4) is 5.75 Å². The topological polar surface area (TPSA) is 40.5 Å². The number of hydrogen-bond acceptors (Lipinski definition) is 3. The standard InChI is InChI=1S/C14H19NO2/c1-10(16)13-7-6-12(8-14(13)17)15(2)9-11-4-3-5-11/h6-8,11,17H,3-5,9H2,1-2H3. The van der Waals surface area contributed by atoms with Gasteiger partial charge in [0.1, 0.15) is 5.75 Å². The summed E-state index contributed by atoms with van der Waals surface area (Å²) in [5.74, 6) is 0.765. The molecule has 2 rings (SSSR count). The third kappa shape index (κ3) is 2.60. The summed E-state index contributed by atoms with van der Waals surface area (Å²) >= 11 is 0. The molecule has 1 N–H and O–H groups in total. The number of ketones is 1. The first-order valence-electron chi connectivity index (χ1n) is 6.13. The summed E-state index contributed by atoms with van der Waals surface area (Å²) in [5.41, 5.74) is 1.37. The monoisotopic (exact) mass is 233 g/mol. The molecule has 1 aromatic carbocycles. The fourth-order valence-electron chi connectivity index (χ4n) is 2.22. The summed E-state index contributed by atoms with van der Waals surface area (Å²) in [6.07, 6.45) is 3.96. The highest BCUT2D eigenvalue weighted by atomic mass is 16.3. The summed E-state index contributed by atoms with van der Waals surface area (Å²) < 4.78 is 0. The van der Waals surface area contributed by atoms with Gasteiger partial charge in [0.25, 0.3) is 0 Å². The maximum absolute atomic E-state index is 11.2. The Balaban J connectivity index is 2.10. The Morgan fingerprint density at radius 3 is 2.65 bits per heavy atom. The molecule has 1 aliphatic carbocycles. The van der Waals surface area contributed by atoms with Crippen LogP contribution in [0.5, 0.6) is 5.75 Å². The summed E-state index contributed by atoms with van der Waals surface area (Å²) in [4.78, 5) is 13.4. The quantitative estimate of drug-likeness (QED) is 0.813. The zero-order valence-electron chi connectivity index (χ0n) is 10.4. The number of aromatic hydroxyl groups is 1. The number of hydrogen-bond donors (Lipinski definition) is 1. The lowest BCUT2D eigenvalue weighted by molar-refractivity contribution is 0.101. The number of carbonyl (C=O) groups excluding carboxylic acids is 1. The van der Waals surface area contributed by atoms with Crippen LogP contribution in [0.4, 0.5) is 5.69 Å². The Bertz CT molecular complexity index is 424. The highest BCUT2D eigenvalue weighted by Crippen LogP contribution is 2.30. The summed E-state index contributed by atoms with van der Waals surface area (Å²) in [7, 11) is 2.03. The van der Waals surface area contributed by atoms with Crippen molar-refractivity contribution in [1.82, 2.24) is 0 Å². The Morgan fingerprint density at radius 2 is 2.18 bits per heavy atom. The lowest BCUT2D eigenvalue weighted by Gasteiger charge is -2.31. The van der Waals surface area contributed by atoms with Gasteiger partial charge in [-0.2, -0.15) is 0 Å². The number of phenolic OH excluding ortho intramolecular Hbond substituents is 1. The van der Waals surface area contributed by atoms with Gasteiger partial charge in [-0.05, 0) is 37.8 Å². The molecule has 1 fully saturated rings. The molecule has 17 heavy (non-hydrogen) atoms. The van der Waals surface area contributed by atoms with Crippen molar-refractivity contribution in [2.75, 3.05) is 18.5 Å². The molecule has 0 atom stereocenters. The molecule has 0 aromatic heterocycles. The van der Waals surface area contributed by atoms with Crippen LogP contribution in [0.2, 0.25) is 0 Å². The third-order valence-corrected chi connectivity index (χ3v) is 3.56. The van der Waals surface area contributed by atoms with Crippen molar-refractivity contribution in [3.63, 3.8) is 0 Å². The Hall–Kier alpha value is -1.51. The largest absolute Gasteiger partial charge is 0.507 e. The average molecular weight is 233 g/mol. The molecule has 0 aliphatic heterocycles. The van der Waals surface area contributed by atoms with Crippen LogP contribution >= 0.6 is 0 Å². The van der Waals surface area contributed by atoms with Crippen LogP contribution in [0.25, 0.3) is 0 Å². The Morgan fingerprint density at radius 1 is 1.47 bits per heavy atom. The predicted molar refractivity (Wildman–Crippen MR) is 68.7 cm³/mol. The zero-order valence-corrected chi connectivity index (χ0v) is 10.4. The number of anilines is 1. The number of phenols is 1. The van der Waals surface area contributed by atoms with Crippen LogP contribution in [-0.4, -0.2) is 24.5 Å². The molecule has 3 heteroatoms. The zero-order chi connectivity index (χ0) is 12.4. The molecule has 3 nitrogen and oxygen atoms in total. The highest BCUT2D eigenvalue weighted by Gasteiger charge is 2.19. The van der Waals surface area contributed by atoms with Crippen molar-refractivity contribution in [2.45, 2.75) is 26.2 Å². The molecule has 1 saturated carbocycles. The van der Waals surface area contributed by atoms with E-state index in [1.54, 1.807) is 12.1 Å². The van der Waals surface area contributed by atoms with Gasteiger partial charge in [-0.15, -0.1) is 0 Å². The molecule has 0 heterocycles. The fraction of sp³-hybridized carbons (Fsp3) is 0.500. The number of rotatable bonds is 4. The maximum Gasteiger partial charge on any atom is 0.163 e. The van der Waals surface area contributed by atoms with E-state index in [-0.39, 0.29) is 11.5 Å². The number of nitrogens with zero attached hydrogens (tertiary/aromatic N) is 1. The van der Waals surface area contributed by atoms with E-state index in [0.717, 1.165) is 18.2 Å². The van der Waals surface area contributed by atoms with E-state index >= 15 is 0 Å². The molecule has 1 aromatic rings. The number of carbonyl (C=O) groups is 1. The van der Waals surface area contributed by atoms with Crippen LogP contribution in [-0.2, 0) is 0 Å². The normalized spacial score (nSPS) is 15.4. The maximum atomic E-state index is 11.2. The second-order valence-corrected chi connectivity index (χ2v) is 4.94. The molecule has 0 unspecified atom stereocenters. The van der Waals surface area contributed by atoms with Crippen LogP contribution in [0.1, 0.15) is 36.5 Å². The van der Waals surface area contributed by atoms with Gasteiger partial charge in [-0.1, -0.05) is 6.42 Å². The molecule has 1 aliphatic rings. The van der Waals surface area contributed by atoms with Crippen molar-refractivity contribution < 1.29 is 9.90 Å². The first-order valence-corrected chi connectivity index (χ1v) is 6.13. The SMILES string of the molecule is CC(=O)c1ccc(N(C)CC2CCC2)cc1O. The van der Waals surface area contributed by atoms with Crippen LogP contribution in [0.15, 0.2) is 18.2 Å². The van der Waals surface area contributed by atoms with Crippen LogP contribution in [0, 0.1) is 5.92 Å². The molecular weight excluding hydrogens is 214 g/mol. The molecule has 0 amide bonds. The van der Waals surface area contributed by atoms with E-state index in [1.165, 1.54) is 26.2 Å². The first-order chi connectivity index (χ1) is 8.08. The lowest BCUT2D eigenvalue weighted by atomic mass is 9.85. The van der Waals surface area contributed by atoms with Gasteiger partial charge in [0.05, 0.1) is 5.56 Å². The second kappa shape index (κ2) is 4.78. The number of benzene rings is 1. The third-order valence-electron chi connectivity index (χ3n) is 3.56. The smallest absolute Gasteiger partial charge is 0.163 e. The van der Waals surface area contributed by atoms with Gasteiger partial charge >= 0.3 is 0 Å². The number of Topliss-reactive ketones (excluding diaryl/α,β-unsaturated/α-hetero) is 1. The van der Waals surface area contributed by atoms with Gasteiger partial charge < -0.3 is 10.0 Å². The minimum Gasteiger partial charge on any atom is -0.507 e. The van der Waals surface area contributed by atoms with Gasteiger partial charge in [0.2, 0.25) is 0 Å². The van der Waals surface area contributed by atoms with Crippen molar-refractivity contribution >= 4 is 11.5 Å². The molecular formula is C14H19NO2. The predicted octanol–water partition coefficient (Wildman–Crippen LogP) is 2.83. The summed E-state index contributed by atoms with van der Waals surface area (Å²) in [5, 5.41) is 9.77. The average Bonchev–Trinajstić information content (AvgIpc) is 2.22. The summed E-state index contributed by atoms with van der Waals surface area (Å²) in [6, 6.07) is 5.27. The van der Waals surface area contributed by atoms with Crippen molar-refractivity contribution in [3.05, 3.63) is 23.8 Å². The second-order valence-electron chi connectivity index (χ2n) is 4.94. The van der Waals surface area contributed by atoms with Crippen LogP contribution in [0.3, 0.4) is 0 Å². The van der Waals surface area contributed by atoms with Gasteiger partial charge in [-0.3, -0.25) is 4.79 Å². The van der Waals surface area contributed by atoms with Gasteiger partial charge in [0, 0.05) is 25.3 Å². The molecule has 0 spiro atoms. The van der Waals surface area contributed by atoms with E-state index in [0.29, 0.717) is 5.56 Å². The van der Waals surface area contributed by atoms with Crippen molar-refractivity contribution in [1.29, 1.82) is 0 Å². The van der Waals surface area contributed by atoms with E-state index in [2.05, 4.69) is 4.90 Å². The molecule has 92 valence electrons. The fourth-order valence-corrected chi connectivity index (χ4v) is 2.22. The Kier molecular flexibility index (Phi) is 3.36. The molecule has 0 bridgehead atoms. The van der Waals surface area contributed by atoms with E-state index in [1.807, 2.05) is 13.1 Å². The molecule has 0 saturated heterocycles. The lowest BCUT2D eigenvalue weighted by Crippen LogP contribution is -2.29. The highest BCUT2D eigenvalue weighted by molar-refractivity contribution is 5.97. The minimum atomic E-state index is -0.101. The van der Waals surface area contributed by atoms with Crippen LogP contribution < -0.4 is 4.90 Å².